The molecule has 0 unspecified atom stereocenters. The number of hydrogen-bond acceptors (Lipinski definition) is 5. The van der Waals surface area contributed by atoms with E-state index in [0.29, 0.717) is 24.5 Å². The summed E-state index contributed by atoms with van der Waals surface area (Å²) in [4.78, 5) is 14.7. The average Bonchev–Trinajstić information content (AvgIpc) is 3.13. The molecular weight excluding hydrogens is 318 g/mol. The third-order valence-corrected chi connectivity index (χ3v) is 5.04. The molecule has 6 heteroatoms. The van der Waals surface area contributed by atoms with Gasteiger partial charge in [-0.2, -0.15) is 5.10 Å². The van der Waals surface area contributed by atoms with E-state index in [1.54, 1.807) is 14.2 Å². The maximum absolute atomic E-state index is 12.9. The van der Waals surface area contributed by atoms with Gasteiger partial charge >= 0.3 is 0 Å². The fourth-order valence-electron chi connectivity index (χ4n) is 3.65. The number of nitrogens with zero attached hydrogens (tertiary/aromatic N) is 3. The van der Waals surface area contributed by atoms with Crippen LogP contribution in [0.2, 0.25) is 0 Å². The molecule has 0 radical (unpaired) electrons. The fourth-order valence-corrected chi connectivity index (χ4v) is 3.65. The third-order valence-electron chi connectivity index (χ3n) is 5.04. The molecule has 1 amide bonds. The minimum Gasteiger partial charge on any atom is -0.493 e. The van der Waals surface area contributed by atoms with Crippen LogP contribution in [0.5, 0.6) is 11.5 Å². The number of carbonyl (C=O) groups excluding carboxylic acids is 1. The minimum absolute atomic E-state index is 0.0531. The van der Waals surface area contributed by atoms with Gasteiger partial charge in [-0.1, -0.05) is 0 Å². The van der Waals surface area contributed by atoms with Crippen LogP contribution in [0.15, 0.2) is 18.2 Å². The molecule has 6 nitrogen and oxygen atoms in total. The van der Waals surface area contributed by atoms with E-state index in [4.69, 9.17) is 9.47 Å². The first kappa shape index (κ1) is 15.9. The van der Waals surface area contributed by atoms with Crippen molar-refractivity contribution in [2.75, 3.05) is 20.8 Å². The Morgan fingerprint density at radius 1 is 0.960 bits per heavy atom. The van der Waals surface area contributed by atoms with Gasteiger partial charge in [-0.05, 0) is 60.6 Å². The van der Waals surface area contributed by atoms with Gasteiger partial charge in [-0.3, -0.25) is 4.79 Å². The monoisotopic (exact) mass is 339 g/mol. The van der Waals surface area contributed by atoms with Crippen LogP contribution in [0.1, 0.15) is 39.3 Å². The molecule has 0 saturated carbocycles. The lowest BCUT2D eigenvalue weighted by molar-refractivity contribution is 0.0727. The van der Waals surface area contributed by atoms with E-state index in [1.807, 2.05) is 23.1 Å². The van der Waals surface area contributed by atoms with Crippen molar-refractivity contribution in [2.45, 2.75) is 32.2 Å². The summed E-state index contributed by atoms with van der Waals surface area (Å²) < 4.78 is 10.7. The van der Waals surface area contributed by atoms with Crippen molar-refractivity contribution >= 4 is 5.91 Å². The molecule has 1 aromatic heterocycles. The summed E-state index contributed by atoms with van der Waals surface area (Å²) in [5, 5.41) is 8.39. The number of methoxy groups -OCH3 is 2. The van der Waals surface area contributed by atoms with E-state index in [-0.39, 0.29) is 5.91 Å². The average molecular weight is 339 g/mol. The van der Waals surface area contributed by atoms with Crippen molar-refractivity contribution in [2.24, 2.45) is 0 Å². The normalized spacial score (nSPS) is 15.5. The second kappa shape index (κ2) is 6.35. The smallest absolute Gasteiger partial charge is 0.274 e. The lowest BCUT2D eigenvalue weighted by Crippen LogP contribution is -2.36. The summed E-state index contributed by atoms with van der Waals surface area (Å²) in [7, 11) is 3.26. The zero-order valence-corrected chi connectivity index (χ0v) is 14.5. The summed E-state index contributed by atoms with van der Waals surface area (Å²) >= 11 is 0. The van der Waals surface area contributed by atoms with Crippen molar-refractivity contribution in [1.29, 1.82) is 0 Å². The predicted octanol–water partition coefficient (Wildman–Crippen LogP) is 2.18. The number of carbonyl (C=O) groups is 1. The molecule has 0 atom stereocenters. The van der Waals surface area contributed by atoms with Crippen LogP contribution in [0.4, 0.5) is 0 Å². The largest absolute Gasteiger partial charge is 0.493 e. The second-order valence-corrected chi connectivity index (χ2v) is 6.51. The maximum atomic E-state index is 12.9. The number of aromatic nitrogens is 2. The number of fused-ring (bicyclic) bond motifs is 2. The van der Waals surface area contributed by atoms with E-state index in [9.17, 15) is 4.79 Å². The van der Waals surface area contributed by atoms with Gasteiger partial charge < -0.3 is 14.4 Å². The lowest BCUT2D eigenvalue weighted by Gasteiger charge is -2.29. The maximum Gasteiger partial charge on any atom is 0.274 e. The van der Waals surface area contributed by atoms with Crippen molar-refractivity contribution in [3.05, 3.63) is 46.3 Å². The predicted molar refractivity (Wildman–Crippen MR) is 92.0 cm³/mol. The van der Waals surface area contributed by atoms with Crippen molar-refractivity contribution in [3.8, 4) is 11.5 Å². The van der Waals surface area contributed by atoms with E-state index in [2.05, 4.69) is 10.2 Å². The quantitative estimate of drug-likeness (QED) is 0.858. The number of amides is 1. The van der Waals surface area contributed by atoms with Gasteiger partial charge in [0.2, 0.25) is 0 Å². The van der Waals surface area contributed by atoms with Crippen molar-refractivity contribution < 1.29 is 14.3 Å². The topological polar surface area (TPSA) is 64.6 Å². The number of rotatable bonds is 3. The van der Waals surface area contributed by atoms with Gasteiger partial charge in [-0.15, -0.1) is 5.10 Å². The molecule has 0 spiro atoms. The summed E-state index contributed by atoms with van der Waals surface area (Å²) in [5.41, 5.74) is 4.94. The van der Waals surface area contributed by atoms with Crippen LogP contribution in [0, 0.1) is 0 Å². The molecule has 1 aliphatic carbocycles. The van der Waals surface area contributed by atoms with E-state index < -0.39 is 0 Å². The first-order valence-corrected chi connectivity index (χ1v) is 8.58. The zero-order chi connectivity index (χ0) is 17.4. The molecule has 2 aromatic rings. The Morgan fingerprint density at radius 2 is 1.72 bits per heavy atom. The summed E-state index contributed by atoms with van der Waals surface area (Å²) in [6, 6.07) is 5.88. The highest BCUT2D eigenvalue weighted by Gasteiger charge is 2.26. The molecule has 25 heavy (non-hydrogen) atoms. The van der Waals surface area contributed by atoms with Crippen LogP contribution in [0.25, 0.3) is 0 Å². The van der Waals surface area contributed by atoms with Crippen molar-refractivity contribution in [3.63, 3.8) is 0 Å². The van der Waals surface area contributed by atoms with Gasteiger partial charge in [0.25, 0.3) is 5.91 Å². The Labute approximate surface area is 146 Å². The van der Waals surface area contributed by atoms with Gasteiger partial charge in [0, 0.05) is 13.1 Å². The van der Waals surface area contributed by atoms with Gasteiger partial charge in [0.05, 0.1) is 19.9 Å². The summed E-state index contributed by atoms with van der Waals surface area (Å²) in [6.45, 7) is 1.22. The van der Waals surface area contributed by atoms with Crippen LogP contribution < -0.4 is 9.47 Å². The van der Waals surface area contributed by atoms with Crippen LogP contribution in [-0.4, -0.2) is 41.8 Å². The highest BCUT2D eigenvalue weighted by atomic mass is 16.5. The number of aryl methyl sites for hydroxylation is 2. The molecule has 2 aliphatic rings. The molecule has 130 valence electrons. The second-order valence-electron chi connectivity index (χ2n) is 6.51. The molecule has 0 saturated heterocycles. The first-order chi connectivity index (χ1) is 12.2. The Bertz CT molecular complexity index is 835. The van der Waals surface area contributed by atoms with Gasteiger partial charge in [0.15, 0.2) is 17.2 Å². The lowest BCUT2D eigenvalue weighted by atomic mass is 9.98. The zero-order valence-electron chi connectivity index (χ0n) is 14.5. The standard InChI is InChI=1S/C19H21N3O3/c1-24-17-9-12-6-7-22(11-14(12)10-18(17)25-2)19(23)16-8-13-4-3-5-15(13)20-21-16/h8-10H,3-7,11H2,1-2H3. The SMILES string of the molecule is COc1cc2c(cc1OC)CN(C(=O)c1cc3c(nn1)CCC3)CC2. The molecule has 0 bridgehead atoms. The summed E-state index contributed by atoms with van der Waals surface area (Å²) in [6.07, 6.45) is 3.85. The molecule has 1 aliphatic heterocycles. The Kier molecular flexibility index (Phi) is 4.03. The number of hydrogen-bond donors (Lipinski definition) is 0. The Hall–Kier alpha value is -2.63. The molecule has 0 N–H and O–H groups in total. The molecule has 2 heterocycles. The fraction of sp³-hybridized carbons (Fsp3) is 0.421. The van der Waals surface area contributed by atoms with E-state index in [0.717, 1.165) is 42.7 Å². The minimum atomic E-state index is -0.0531. The van der Waals surface area contributed by atoms with Crippen molar-refractivity contribution in [1.82, 2.24) is 15.1 Å². The van der Waals surface area contributed by atoms with Crippen LogP contribution in [-0.2, 0) is 25.8 Å². The first-order valence-electron chi connectivity index (χ1n) is 8.58. The molecular formula is C19H21N3O3. The van der Waals surface area contributed by atoms with Gasteiger partial charge in [0.1, 0.15) is 0 Å². The molecule has 1 aromatic carbocycles. The number of ether oxygens (including phenoxy) is 2. The van der Waals surface area contributed by atoms with Crippen LogP contribution in [0.3, 0.4) is 0 Å². The Morgan fingerprint density at radius 3 is 2.48 bits per heavy atom. The highest BCUT2D eigenvalue weighted by molar-refractivity contribution is 5.92. The van der Waals surface area contributed by atoms with Gasteiger partial charge in [-0.25, -0.2) is 0 Å². The highest BCUT2D eigenvalue weighted by Crippen LogP contribution is 2.33. The Balaban J connectivity index is 1.58. The summed E-state index contributed by atoms with van der Waals surface area (Å²) in [5.74, 6) is 1.36. The molecule has 0 fully saturated rings. The van der Waals surface area contributed by atoms with Crippen LogP contribution >= 0.6 is 0 Å². The molecule has 4 rings (SSSR count). The number of benzene rings is 1. The van der Waals surface area contributed by atoms with E-state index >= 15 is 0 Å². The third kappa shape index (κ3) is 2.81. The van der Waals surface area contributed by atoms with E-state index in [1.165, 1.54) is 11.1 Å².